The number of carboxylic acids is 1. The van der Waals surface area contributed by atoms with Crippen LogP contribution in [0.4, 0.5) is 11.4 Å². The zero-order valence-corrected chi connectivity index (χ0v) is 23.2. The van der Waals surface area contributed by atoms with Crippen molar-refractivity contribution in [2.24, 2.45) is 11.8 Å². The molecule has 2 aromatic carbocycles. The third-order valence-electron chi connectivity index (χ3n) is 8.10. The fourth-order valence-electron chi connectivity index (χ4n) is 5.58. The second-order valence-corrected chi connectivity index (χ2v) is 10.8. The Morgan fingerprint density at radius 1 is 1.02 bits per heavy atom. The van der Waals surface area contributed by atoms with Crippen LogP contribution in [0.3, 0.4) is 0 Å². The van der Waals surface area contributed by atoms with Gasteiger partial charge < -0.3 is 24.4 Å². The van der Waals surface area contributed by atoms with Crippen molar-refractivity contribution in [2.45, 2.75) is 38.0 Å². The molecular formula is C32H37N3O5. The van der Waals surface area contributed by atoms with E-state index in [0.29, 0.717) is 24.0 Å². The first-order chi connectivity index (χ1) is 19.4. The average molecular weight is 544 g/mol. The van der Waals surface area contributed by atoms with E-state index in [0.717, 1.165) is 67.2 Å². The fraction of sp³-hybridized carbons (Fsp3) is 0.406. The lowest BCUT2D eigenvalue weighted by Gasteiger charge is -2.35. The fourth-order valence-corrected chi connectivity index (χ4v) is 5.58. The van der Waals surface area contributed by atoms with Crippen molar-refractivity contribution in [1.29, 1.82) is 0 Å². The van der Waals surface area contributed by atoms with Crippen molar-refractivity contribution in [3.8, 4) is 11.5 Å². The summed E-state index contributed by atoms with van der Waals surface area (Å²) in [6.07, 6.45) is 7.60. The van der Waals surface area contributed by atoms with Crippen molar-refractivity contribution in [3.63, 3.8) is 0 Å². The standard InChI is InChI=1S/C32H37N3O5/c1-34(25-10-14-33-15-11-25)32(38)28-9-8-26(39-2)19-30(28)35-16-12-22(13-17-35)21-40-27-5-3-4-24(18-27)29(20-31(36)37)23-6-7-23/h3-5,8-11,14-15,18-19,22-23,29H,6-7,12-13,16-17,20-21H2,1-2H3,(H,36,37). The first-order valence-electron chi connectivity index (χ1n) is 14.0. The molecule has 1 atom stereocenters. The SMILES string of the molecule is COc1ccc(C(=O)N(C)c2ccncc2)c(N2CCC(COc3cccc(C(CC(=O)O)C4CC4)c3)CC2)c1. The lowest BCUT2D eigenvalue weighted by molar-refractivity contribution is -0.137. The number of pyridine rings is 1. The van der Waals surface area contributed by atoms with Gasteiger partial charge in [-0.3, -0.25) is 14.6 Å². The molecule has 2 fully saturated rings. The van der Waals surface area contributed by atoms with Crippen LogP contribution in [0, 0.1) is 11.8 Å². The summed E-state index contributed by atoms with van der Waals surface area (Å²) in [6, 6.07) is 17.2. The van der Waals surface area contributed by atoms with Gasteiger partial charge >= 0.3 is 5.97 Å². The molecule has 1 saturated carbocycles. The Bertz CT molecular complexity index is 1320. The quantitative estimate of drug-likeness (QED) is 0.335. The van der Waals surface area contributed by atoms with Crippen LogP contribution in [-0.2, 0) is 4.79 Å². The summed E-state index contributed by atoms with van der Waals surface area (Å²) in [5.41, 5.74) is 3.36. The number of methoxy groups -OCH3 is 1. The van der Waals surface area contributed by atoms with Gasteiger partial charge in [-0.1, -0.05) is 12.1 Å². The zero-order chi connectivity index (χ0) is 28.1. The number of aromatic nitrogens is 1. The van der Waals surface area contributed by atoms with E-state index in [2.05, 4.69) is 9.88 Å². The summed E-state index contributed by atoms with van der Waals surface area (Å²) in [5, 5.41) is 9.36. The Morgan fingerprint density at radius 2 is 1.77 bits per heavy atom. The van der Waals surface area contributed by atoms with Crippen LogP contribution < -0.4 is 19.3 Å². The van der Waals surface area contributed by atoms with Gasteiger partial charge in [0.1, 0.15) is 11.5 Å². The van der Waals surface area contributed by atoms with Gasteiger partial charge in [0.25, 0.3) is 5.91 Å². The van der Waals surface area contributed by atoms with Crippen LogP contribution >= 0.6 is 0 Å². The Kier molecular flexibility index (Phi) is 8.53. The monoisotopic (exact) mass is 543 g/mol. The van der Waals surface area contributed by atoms with Gasteiger partial charge in [0.05, 0.1) is 31.4 Å². The number of carbonyl (C=O) groups excluding carboxylic acids is 1. The Hall–Kier alpha value is -4.07. The molecule has 1 aliphatic carbocycles. The molecule has 210 valence electrons. The minimum absolute atomic E-state index is 0.0571. The minimum atomic E-state index is -0.750. The van der Waals surface area contributed by atoms with Crippen LogP contribution in [0.1, 0.15) is 53.9 Å². The maximum absolute atomic E-state index is 13.5. The molecule has 1 saturated heterocycles. The van der Waals surface area contributed by atoms with E-state index in [1.807, 2.05) is 54.6 Å². The Balaban J connectivity index is 1.22. The van der Waals surface area contributed by atoms with E-state index in [1.54, 1.807) is 31.5 Å². The number of anilines is 2. The van der Waals surface area contributed by atoms with Crippen LogP contribution in [0.15, 0.2) is 67.0 Å². The van der Waals surface area contributed by atoms with Crippen LogP contribution in [-0.4, -0.2) is 55.8 Å². The molecule has 1 aliphatic heterocycles. The maximum atomic E-state index is 13.5. The summed E-state index contributed by atoms with van der Waals surface area (Å²) < 4.78 is 11.7. The highest BCUT2D eigenvalue weighted by molar-refractivity contribution is 6.09. The Morgan fingerprint density at radius 3 is 2.45 bits per heavy atom. The van der Waals surface area contributed by atoms with E-state index in [9.17, 15) is 14.7 Å². The molecule has 1 aromatic heterocycles. The van der Waals surface area contributed by atoms with Crippen LogP contribution in [0.25, 0.3) is 0 Å². The van der Waals surface area contributed by atoms with Gasteiger partial charge in [0.15, 0.2) is 0 Å². The number of hydrogen-bond acceptors (Lipinski definition) is 6. The molecule has 0 radical (unpaired) electrons. The third-order valence-corrected chi connectivity index (χ3v) is 8.10. The molecule has 2 heterocycles. The van der Waals surface area contributed by atoms with Crippen LogP contribution in [0.5, 0.6) is 11.5 Å². The molecule has 8 heteroatoms. The predicted molar refractivity (Wildman–Crippen MR) is 155 cm³/mol. The topological polar surface area (TPSA) is 92.2 Å². The van der Waals surface area contributed by atoms with E-state index in [4.69, 9.17) is 9.47 Å². The van der Waals surface area contributed by atoms with Gasteiger partial charge in [-0.2, -0.15) is 0 Å². The second-order valence-electron chi connectivity index (χ2n) is 10.8. The molecule has 0 bridgehead atoms. The maximum Gasteiger partial charge on any atom is 0.303 e. The lowest BCUT2D eigenvalue weighted by atomic mass is 9.91. The average Bonchev–Trinajstić information content (AvgIpc) is 3.84. The number of rotatable bonds is 11. The first-order valence-corrected chi connectivity index (χ1v) is 14.0. The predicted octanol–water partition coefficient (Wildman–Crippen LogP) is 5.63. The highest BCUT2D eigenvalue weighted by Crippen LogP contribution is 2.45. The van der Waals surface area contributed by atoms with E-state index in [-0.39, 0.29) is 18.2 Å². The van der Waals surface area contributed by atoms with Crippen molar-refractivity contribution in [2.75, 3.05) is 43.7 Å². The second kappa shape index (κ2) is 12.4. The number of carbonyl (C=O) groups is 2. The van der Waals surface area contributed by atoms with Gasteiger partial charge in [0.2, 0.25) is 0 Å². The first kappa shape index (κ1) is 27.5. The lowest BCUT2D eigenvalue weighted by Crippen LogP contribution is -2.37. The Labute approximate surface area is 235 Å². The number of aliphatic carboxylic acids is 1. The highest BCUT2D eigenvalue weighted by atomic mass is 16.5. The number of hydrogen-bond donors (Lipinski definition) is 1. The van der Waals surface area contributed by atoms with Crippen molar-refractivity contribution >= 4 is 23.3 Å². The summed E-state index contributed by atoms with van der Waals surface area (Å²) in [4.78, 5) is 32.8. The van der Waals surface area contributed by atoms with E-state index in [1.165, 1.54) is 0 Å². The van der Waals surface area contributed by atoms with Gasteiger partial charge in [-0.25, -0.2) is 0 Å². The zero-order valence-electron chi connectivity index (χ0n) is 23.2. The summed E-state index contributed by atoms with van der Waals surface area (Å²) in [7, 11) is 3.41. The molecule has 1 unspecified atom stereocenters. The molecule has 40 heavy (non-hydrogen) atoms. The van der Waals surface area contributed by atoms with E-state index < -0.39 is 5.97 Å². The van der Waals surface area contributed by atoms with Gasteiger partial charge in [-0.15, -0.1) is 0 Å². The molecule has 5 rings (SSSR count). The van der Waals surface area contributed by atoms with Crippen LogP contribution in [0.2, 0.25) is 0 Å². The summed E-state index contributed by atoms with van der Waals surface area (Å²) in [5.74, 6) is 1.60. The largest absolute Gasteiger partial charge is 0.497 e. The smallest absolute Gasteiger partial charge is 0.303 e. The van der Waals surface area contributed by atoms with Gasteiger partial charge in [0, 0.05) is 44.3 Å². The molecule has 2 aliphatic rings. The summed E-state index contributed by atoms with van der Waals surface area (Å²) >= 11 is 0. The molecule has 0 spiro atoms. The van der Waals surface area contributed by atoms with Gasteiger partial charge in [-0.05, 0) is 85.4 Å². The number of piperidine rings is 1. The van der Waals surface area contributed by atoms with Crippen molar-refractivity contribution in [1.82, 2.24) is 4.98 Å². The number of nitrogens with zero attached hydrogens (tertiary/aromatic N) is 3. The van der Waals surface area contributed by atoms with Crippen molar-refractivity contribution in [3.05, 3.63) is 78.1 Å². The number of ether oxygens (including phenoxy) is 2. The molecule has 8 nitrogen and oxygen atoms in total. The summed E-state index contributed by atoms with van der Waals surface area (Å²) in [6.45, 7) is 2.23. The number of benzene rings is 2. The normalized spacial score (nSPS) is 16.3. The highest BCUT2D eigenvalue weighted by Gasteiger charge is 2.34. The van der Waals surface area contributed by atoms with Crippen molar-refractivity contribution < 1.29 is 24.2 Å². The van der Waals surface area contributed by atoms with E-state index >= 15 is 0 Å². The minimum Gasteiger partial charge on any atom is -0.497 e. The molecule has 3 aromatic rings. The molecule has 1 amide bonds. The molecule has 1 N–H and O–H groups in total. The number of carboxylic acid groups (broad SMARTS) is 1. The third kappa shape index (κ3) is 6.55. The number of amides is 1. The molecular weight excluding hydrogens is 506 g/mol.